The number of guanidine groups is 1. The molecule has 0 aromatic carbocycles. The number of anilines is 1. The zero-order valence-electron chi connectivity index (χ0n) is 25.6. The fourth-order valence-electron chi connectivity index (χ4n) is 5.19. The number of carbonyl (C=O) groups is 4. The Morgan fingerprint density at radius 3 is 2.79 bits per heavy atom. The molecular weight excluding hydrogens is 688 g/mol. The molecule has 17 nitrogen and oxygen atoms in total. The lowest BCUT2D eigenvalue weighted by Gasteiger charge is -2.50. The molecule has 3 aromatic rings. The van der Waals surface area contributed by atoms with Gasteiger partial charge in [-0.25, -0.2) is 9.78 Å². The minimum atomic E-state index is -1.53. The van der Waals surface area contributed by atoms with Crippen LogP contribution in [0.4, 0.5) is 5.13 Å². The Kier molecular flexibility index (Phi) is 10.1. The minimum Gasteiger partial charge on any atom is -0.543 e. The van der Waals surface area contributed by atoms with Crippen molar-refractivity contribution in [2.75, 3.05) is 25.1 Å². The van der Waals surface area contributed by atoms with Crippen molar-refractivity contribution in [3.05, 3.63) is 51.9 Å². The highest BCUT2D eigenvalue weighted by Gasteiger charge is 2.53. The van der Waals surface area contributed by atoms with E-state index in [0.29, 0.717) is 18.7 Å². The molecule has 2 aliphatic heterocycles. The summed E-state index contributed by atoms with van der Waals surface area (Å²) in [5, 5.41) is 34.5. The van der Waals surface area contributed by atoms with E-state index in [4.69, 9.17) is 38.4 Å². The van der Waals surface area contributed by atoms with E-state index < -0.39 is 47.0 Å². The number of halogens is 1. The van der Waals surface area contributed by atoms with Gasteiger partial charge in [-0.3, -0.25) is 19.9 Å². The Bertz CT molecular complexity index is 1880. The van der Waals surface area contributed by atoms with Crippen molar-refractivity contribution < 1.29 is 38.8 Å². The number of nitrogens with one attached hydrogen (secondary N) is 2. The topological polar surface area (TPSA) is 249 Å². The molecule has 5 rings (SSSR count). The Morgan fingerprint density at radius 1 is 1.40 bits per heavy atom. The highest BCUT2D eigenvalue weighted by Crippen LogP contribution is 2.40. The summed E-state index contributed by atoms with van der Waals surface area (Å²) in [5.41, 5.74) is 12.5. The number of nitrogens with two attached hydrogens (primary N) is 2. The maximum atomic E-state index is 13.4. The predicted molar refractivity (Wildman–Crippen MR) is 175 cm³/mol. The summed E-state index contributed by atoms with van der Waals surface area (Å²) in [4.78, 5) is 62.0. The average Bonchev–Trinajstić information content (AvgIpc) is 3.61. The van der Waals surface area contributed by atoms with Crippen LogP contribution in [0.5, 0.6) is 0 Å². The fourth-order valence-corrected chi connectivity index (χ4v) is 7.45. The third-order valence-electron chi connectivity index (χ3n) is 7.70. The Morgan fingerprint density at radius 2 is 2.15 bits per heavy atom. The number of aryl methyl sites for hydroxylation is 1. The van der Waals surface area contributed by atoms with Gasteiger partial charge in [0.15, 0.2) is 29.5 Å². The van der Waals surface area contributed by atoms with E-state index in [0.717, 1.165) is 33.7 Å². The van der Waals surface area contributed by atoms with Crippen molar-refractivity contribution in [1.29, 1.82) is 5.41 Å². The van der Waals surface area contributed by atoms with E-state index in [2.05, 4.69) is 20.0 Å². The molecule has 0 bridgehead atoms. The number of aliphatic carboxylic acids is 2. The molecule has 0 aliphatic carbocycles. The molecule has 48 heavy (non-hydrogen) atoms. The van der Waals surface area contributed by atoms with Gasteiger partial charge in [-0.2, -0.15) is 4.57 Å². The quantitative estimate of drug-likeness (QED) is 0.0476. The molecule has 0 saturated carbocycles. The standard InChI is InChI=1S/C28H31ClN10O7S2/c1-13(25(42)43)46-35-18(17-21(29)48-28(32)34-17)22(40)33-19-23(41)39-20(26(44)45)14(12-47-24(19)39)11-38-8-3-5-15-16(38)6-10-37(15)9-4-7-36(2)27(30)31/h3,5-6,8,10,13,19,24H,4,7,9,11-12H2,1-2H3,(H7-,30,31,32,33,34,40,42,43,44,45)/b35-18-/t13-,19+,24+/m0/s1. The third kappa shape index (κ3) is 6.87. The van der Waals surface area contributed by atoms with Gasteiger partial charge in [-0.05, 0) is 19.4 Å². The number of rotatable bonds is 13. The van der Waals surface area contributed by atoms with Crippen LogP contribution in [-0.2, 0) is 37.1 Å². The summed E-state index contributed by atoms with van der Waals surface area (Å²) >= 11 is 8.28. The molecule has 3 aromatic heterocycles. The Labute approximate surface area is 286 Å². The van der Waals surface area contributed by atoms with Crippen molar-refractivity contribution in [1.82, 2.24) is 24.7 Å². The second-order valence-corrected chi connectivity index (χ2v) is 13.6. The maximum Gasteiger partial charge on any atom is 0.347 e. The lowest BCUT2D eigenvalue weighted by Crippen LogP contribution is -2.71. The Balaban J connectivity index is 1.34. The fraction of sp³-hybridized carbons (Fsp3) is 0.357. The van der Waals surface area contributed by atoms with E-state index in [9.17, 15) is 24.3 Å². The summed E-state index contributed by atoms with van der Waals surface area (Å²) < 4.78 is 3.93. The number of carboxylic acids is 2. The predicted octanol–water partition coefficient (Wildman–Crippen LogP) is -0.866. The van der Waals surface area contributed by atoms with Gasteiger partial charge >= 0.3 is 5.97 Å². The number of thioether (sulfide) groups is 1. The number of carbonyl (C=O) groups excluding carboxylic acids is 3. The van der Waals surface area contributed by atoms with Gasteiger partial charge in [-0.15, -0.1) is 11.8 Å². The van der Waals surface area contributed by atoms with Crippen LogP contribution in [0.1, 0.15) is 19.0 Å². The van der Waals surface area contributed by atoms with Crippen molar-refractivity contribution in [2.45, 2.75) is 44.0 Å². The number of hydrogen-bond donors (Lipinski definition) is 5. The second-order valence-electron chi connectivity index (χ2n) is 10.9. The molecule has 20 heteroatoms. The molecule has 1 saturated heterocycles. The van der Waals surface area contributed by atoms with Crippen LogP contribution in [0.15, 0.2) is 47.0 Å². The van der Waals surface area contributed by atoms with E-state index in [1.807, 2.05) is 35.2 Å². The summed E-state index contributed by atoms with van der Waals surface area (Å²) in [6.45, 7) is 2.64. The highest BCUT2D eigenvalue weighted by molar-refractivity contribution is 8.00. The number of aromatic nitrogens is 3. The molecule has 0 radical (unpaired) electrons. The van der Waals surface area contributed by atoms with Gasteiger partial charge < -0.3 is 46.1 Å². The summed E-state index contributed by atoms with van der Waals surface area (Å²) in [6.07, 6.45) is 3.07. The number of amides is 2. The molecule has 0 spiro atoms. The number of oxime groups is 1. The van der Waals surface area contributed by atoms with Gasteiger partial charge in [0.05, 0.1) is 11.7 Å². The smallest absolute Gasteiger partial charge is 0.347 e. The summed E-state index contributed by atoms with van der Waals surface area (Å²) in [6, 6.07) is 4.57. The molecule has 0 unspecified atom stereocenters. The Hall–Kier alpha value is -4.88. The van der Waals surface area contributed by atoms with Gasteiger partial charge in [0.2, 0.25) is 11.6 Å². The van der Waals surface area contributed by atoms with E-state index in [1.165, 1.54) is 18.7 Å². The van der Waals surface area contributed by atoms with E-state index in [1.54, 1.807) is 11.9 Å². The van der Waals surface area contributed by atoms with Gasteiger partial charge in [0, 0.05) is 49.8 Å². The number of carboxylic acid groups (broad SMARTS) is 2. The van der Waals surface area contributed by atoms with Crippen molar-refractivity contribution in [2.24, 2.45) is 10.9 Å². The van der Waals surface area contributed by atoms with Crippen LogP contribution < -0.4 is 26.5 Å². The molecule has 5 heterocycles. The highest BCUT2D eigenvalue weighted by atomic mass is 35.5. The van der Waals surface area contributed by atoms with E-state index in [-0.39, 0.29) is 39.1 Å². The summed E-state index contributed by atoms with van der Waals surface area (Å²) in [7, 11) is 1.75. The zero-order valence-corrected chi connectivity index (χ0v) is 28.0. The number of thiazole rings is 1. The molecule has 2 amide bonds. The normalized spacial score (nSPS) is 18.3. The molecule has 254 valence electrons. The van der Waals surface area contributed by atoms with Crippen LogP contribution in [0.3, 0.4) is 0 Å². The first-order valence-corrected chi connectivity index (χ1v) is 16.6. The molecule has 7 N–H and O–H groups in total. The minimum absolute atomic E-state index is 0.00816. The molecule has 3 atom stereocenters. The first kappa shape index (κ1) is 34.5. The van der Waals surface area contributed by atoms with Gasteiger partial charge in [0.1, 0.15) is 27.0 Å². The number of β-lactam (4-membered cyclic amide) rings is 1. The third-order valence-corrected chi connectivity index (χ3v) is 10.1. The van der Waals surface area contributed by atoms with Crippen molar-refractivity contribution in [3.63, 3.8) is 0 Å². The number of hydrogen-bond acceptors (Lipinski definition) is 12. The van der Waals surface area contributed by atoms with Crippen LogP contribution in [0.2, 0.25) is 4.34 Å². The lowest BCUT2D eigenvalue weighted by molar-refractivity contribution is -0.663. The van der Waals surface area contributed by atoms with Crippen LogP contribution >= 0.6 is 34.7 Å². The first-order valence-electron chi connectivity index (χ1n) is 14.4. The molecule has 2 aliphatic rings. The average molecular weight is 719 g/mol. The second kappa shape index (κ2) is 14.1. The largest absolute Gasteiger partial charge is 0.543 e. The zero-order chi connectivity index (χ0) is 34.9. The van der Waals surface area contributed by atoms with E-state index >= 15 is 0 Å². The van der Waals surface area contributed by atoms with Crippen LogP contribution in [0, 0.1) is 5.41 Å². The van der Waals surface area contributed by atoms with Gasteiger partial charge in [-0.1, -0.05) is 28.1 Å². The number of nitrogens with zero attached hydrogens (tertiary/aromatic N) is 6. The van der Waals surface area contributed by atoms with Gasteiger partial charge in [0.25, 0.3) is 11.8 Å². The summed E-state index contributed by atoms with van der Waals surface area (Å²) in [5.74, 6) is -4.31. The molecule has 1 fully saturated rings. The lowest BCUT2D eigenvalue weighted by atomic mass is 10.0. The number of fused-ring (bicyclic) bond motifs is 2. The van der Waals surface area contributed by atoms with Crippen LogP contribution in [-0.4, -0.2) is 96.7 Å². The van der Waals surface area contributed by atoms with Crippen molar-refractivity contribution >= 4 is 86.3 Å². The SMILES string of the molecule is C[C@H](O/N=C(\C(=O)N[C@@H]1C(=O)N2C(C(=O)[O-])=C(C[n+]3cccc4c3ccn4CCCN(C)C(=N)N)CS[C@H]12)c1nc(N)sc1Cl)C(=O)O. The number of nitrogen functional groups attached to an aromatic ring is 1. The molecular formula is C28H31ClN10O7S2. The first-order chi connectivity index (χ1) is 22.8. The van der Waals surface area contributed by atoms with Crippen LogP contribution in [0.25, 0.3) is 11.0 Å². The van der Waals surface area contributed by atoms with Crippen molar-refractivity contribution in [3.8, 4) is 0 Å². The maximum absolute atomic E-state index is 13.4. The monoisotopic (exact) mass is 718 g/mol. The number of pyridine rings is 1.